The molecule has 0 radical (unpaired) electrons. The summed E-state index contributed by atoms with van der Waals surface area (Å²) in [6.07, 6.45) is 1.39. The van der Waals surface area contributed by atoms with Crippen LogP contribution in [0.1, 0.15) is 22.5 Å². The van der Waals surface area contributed by atoms with Crippen molar-refractivity contribution < 1.29 is 4.79 Å². The van der Waals surface area contributed by atoms with Gasteiger partial charge < -0.3 is 16.0 Å². The zero-order chi connectivity index (χ0) is 24.9. The van der Waals surface area contributed by atoms with E-state index >= 15 is 0 Å². The number of carbonyl (C=O) groups is 1. The summed E-state index contributed by atoms with van der Waals surface area (Å²) in [6, 6.07) is 17.1. The van der Waals surface area contributed by atoms with Crippen LogP contribution in [0.15, 0.2) is 65.7 Å². The number of aryl methyl sites for hydroxylation is 3. The van der Waals surface area contributed by atoms with Gasteiger partial charge in [-0.3, -0.25) is 14.2 Å². The highest BCUT2D eigenvalue weighted by atomic mass is 16.2. The molecule has 0 saturated heterocycles. The molecule has 1 amide bonds. The van der Waals surface area contributed by atoms with Crippen LogP contribution in [0.5, 0.6) is 0 Å². The normalized spacial score (nSPS) is 10.6. The second-order valence-corrected chi connectivity index (χ2v) is 8.35. The summed E-state index contributed by atoms with van der Waals surface area (Å²) in [5, 5.41) is 9.28. The van der Waals surface area contributed by atoms with Gasteiger partial charge in [-0.25, -0.2) is 9.97 Å². The molecule has 0 unspecified atom stereocenters. The van der Waals surface area contributed by atoms with Crippen molar-refractivity contribution in [2.75, 3.05) is 16.0 Å². The minimum absolute atomic E-state index is 0.110. The first-order chi connectivity index (χ1) is 16.8. The molecule has 0 spiro atoms. The molecule has 178 valence electrons. The van der Waals surface area contributed by atoms with Gasteiger partial charge in [-0.15, -0.1) is 0 Å². The number of anilines is 5. The van der Waals surface area contributed by atoms with Crippen molar-refractivity contribution in [2.24, 2.45) is 0 Å². The lowest BCUT2D eigenvalue weighted by Crippen LogP contribution is -2.29. The largest absolute Gasteiger partial charge is 0.340 e. The molecule has 4 rings (SSSR count). The van der Waals surface area contributed by atoms with E-state index in [1.54, 1.807) is 26.0 Å². The molecule has 3 N–H and O–H groups in total. The highest BCUT2D eigenvalue weighted by molar-refractivity contribution is 5.90. The molecule has 0 fully saturated rings. The van der Waals surface area contributed by atoms with Crippen LogP contribution in [0, 0.1) is 27.7 Å². The average Bonchev–Trinajstić information content (AvgIpc) is 2.82. The first-order valence-electron chi connectivity index (χ1n) is 11.2. The first kappa shape index (κ1) is 23.6. The second-order valence-electron chi connectivity index (χ2n) is 8.35. The predicted molar refractivity (Wildman–Crippen MR) is 138 cm³/mol. The summed E-state index contributed by atoms with van der Waals surface area (Å²) in [5.74, 6) is 0.827. The van der Waals surface area contributed by atoms with Crippen LogP contribution in [0.2, 0.25) is 0 Å². The number of hydrogen-bond acceptors (Lipinski definition) is 7. The van der Waals surface area contributed by atoms with Crippen LogP contribution in [-0.4, -0.2) is 25.4 Å². The molecule has 2 aromatic carbocycles. The summed E-state index contributed by atoms with van der Waals surface area (Å²) in [6.45, 7) is 7.30. The lowest BCUT2D eigenvalue weighted by molar-refractivity contribution is -0.116. The zero-order valence-electron chi connectivity index (χ0n) is 20.1. The van der Waals surface area contributed by atoms with Gasteiger partial charge in [0.2, 0.25) is 11.9 Å². The van der Waals surface area contributed by atoms with E-state index in [2.05, 4.69) is 30.9 Å². The van der Waals surface area contributed by atoms with Gasteiger partial charge >= 0.3 is 0 Å². The van der Waals surface area contributed by atoms with E-state index in [9.17, 15) is 9.59 Å². The van der Waals surface area contributed by atoms with Crippen LogP contribution < -0.4 is 21.5 Å². The summed E-state index contributed by atoms with van der Waals surface area (Å²) in [4.78, 5) is 37.8. The van der Waals surface area contributed by atoms with E-state index in [-0.39, 0.29) is 18.0 Å². The third kappa shape index (κ3) is 6.08. The quantitative estimate of drug-likeness (QED) is 0.368. The van der Waals surface area contributed by atoms with Gasteiger partial charge in [0.1, 0.15) is 12.4 Å². The maximum atomic E-state index is 12.4. The van der Waals surface area contributed by atoms with Crippen LogP contribution in [0.3, 0.4) is 0 Å². The highest BCUT2D eigenvalue weighted by Gasteiger charge is 2.09. The fourth-order valence-electron chi connectivity index (χ4n) is 3.38. The Morgan fingerprint density at radius 3 is 2.20 bits per heavy atom. The van der Waals surface area contributed by atoms with Crippen LogP contribution in [-0.2, 0) is 11.3 Å². The number of carbonyl (C=O) groups excluding carboxylic acids is 1. The smallest absolute Gasteiger partial charge is 0.256 e. The number of hydrogen-bond donors (Lipinski definition) is 3. The van der Waals surface area contributed by atoms with Gasteiger partial charge in [0, 0.05) is 40.1 Å². The summed E-state index contributed by atoms with van der Waals surface area (Å²) < 4.78 is 1.30. The van der Waals surface area contributed by atoms with Crippen molar-refractivity contribution in [1.29, 1.82) is 0 Å². The van der Waals surface area contributed by atoms with Crippen molar-refractivity contribution in [1.82, 2.24) is 19.5 Å². The molecule has 9 heteroatoms. The third-order valence-electron chi connectivity index (χ3n) is 5.43. The van der Waals surface area contributed by atoms with Crippen LogP contribution >= 0.6 is 0 Å². The van der Waals surface area contributed by atoms with Crippen molar-refractivity contribution in [2.45, 2.75) is 34.2 Å². The second kappa shape index (κ2) is 10.2. The molecule has 4 aromatic rings. The monoisotopic (exact) mass is 469 g/mol. The van der Waals surface area contributed by atoms with E-state index < -0.39 is 0 Å². The fraction of sp³-hybridized carbons (Fsp3) is 0.192. The SMILES string of the molecule is Cc1ccc(Nc2cc(C)nc(Nc3ccc(NC(=O)Cn4cnc(C)c(C)c4=O)cc3)n2)cc1. The van der Waals surface area contributed by atoms with E-state index in [0.29, 0.717) is 28.7 Å². The molecule has 0 aliphatic heterocycles. The van der Waals surface area contributed by atoms with Crippen molar-refractivity contribution in [3.8, 4) is 0 Å². The Labute approximate surface area is 203 Å². The van der Waals surface area contributed by atoms with E-state index in [1.165, 1.54) is 16.5 Å². The molecule has 35 heavy (non-hydrogen) atoms. The zero-order valence-corrected chi connectivity index (χ0v) is 20.1. The van der Waals surface area contributed by atoms with Crippen molar-refractivity contribution in [3.63, 3.8) is 0 Å². The Hall–Kier alpha value is -4.53. The lowest BCUT2D eigenvalue weighted by atomic mass is 10.2. The van der Waals surface area contributed by atoms with E-state index in [4.69, 9.17) is 0 Å². The Morgan fingerprint density at radius 2 is 1.49 bits per heavy atom. The maximum Gasteiger partial charge on any atom is 0.256 e. The first-order valence-corrected chi connectivity index (χ1v) is 11.2. The predicted octanol–water partition coefficient (Wildman–Crippen LogP) is 4.39. The molecular weight excluding hydrogens is 442 g/mol. The molecule has 2 heterocycles. The standard InChI is InChI=1S/C26H27N7O2/c1-16-5-7-20(8-6-16)29-23-13-17(2)28-26(32-23)31-22-11-9-21(10-12-22)30-24(34)14-33-15-27-19(4)18(3)25(33)35/h5-13,15H,14H2,1-4H3,(H,30,34)(H2,28,29,31,32). The van der Waals surface area contributed by atoms with Gasteiger partial charge in [-0.1, -0.05) is 17.7 Å². The number of nitrogens with zero attached hydrogens (tertiary/aromatic N) is 4. The average molecular weight is 470 g/mol. The minimum atomic E-state index is -0.313. The summed E-state index contributed by atoms with van der Waals surface area (Å²) in [5.41, 5.74) is 5.29. The van der Waals surface area contributed by atoms with Crippen LogP contribution in [0.4, 0.5) is 28.8 Å². The Bertz CT molecular complexity index is 1410. The third-order valence-corrected chi connectivity index (χ3v) is 5.43. The van der Waals surface area contributed by atoms with Crippen molar-refractivity contribution in [3.05, 3.63) is 93.8 Å². The Kier molecular flexibility index (Phi) is 6.86. The molecule has 0 atom stereocenters. The van der Waals surface area contributed by atoms with Gasteiger partial charge in [-0.05, 0) is 64.1 Å². The lowest BCUT2D eigenvalue weighted by Gasteiger charge is -2.11. The van der Waals surface area contributed by atoms with Crippen molar-refractivity contribution >= 4 is 34.7 Å². The summed E-state index contributed by atoms with van der Waals surface area (Å²) in [7, 11) is 0. The van der Waals surface area contributed by atoms with Gasteiger partial charge in [0.15, 0.2) is 0 Å². The molecule has 0 aliphatic carbocycles. The Balaban J connectivity index is 1.39. The molecule has 0 bridgehead atoms. The minimum Gasteiger partial charge on any atom is -0.340 e. The number of aromatic nitrogens is 4. The number of nitrogens with one attached hydrogen (secondary N) is 3. The number of amides is 1. The molecular formula is C26H27N7O2. The highest BCUT2D eigenvalue weighted by Crippen LogP contribution is 2.21. The number of rotatable bonds is 7. The topological polar surface area (TPSA) is 114 Å². The van der Waals surface area contributed by atoms with E-state index in [0.717, 1.165) is 17.1 Å². The van der Waals surface area contributed by atoms with Gasteiger partial charge in [0.25, 0.3) is 5.56 Å². The molecule has 0 aliphatic rings. The molecule has 0 saturated carbocycles. The number of benzene rings is 2. The fourth-order valence-corrected chi connectivity index (χ4v) is 3.38. The van der Waals surface area contributed by atoms with Crippen LogP contribution in [0.25, 0.3) is 0 Å². The molecule has 2 aromatic heterocycles. The Morgan fingerprint density at radius 1 is 0.857 bits per heavy atom. The van der Waals surface area contributed by atoms with Gasteiger partial charge in [0.05, 0.1) is 6.33 Å². The molecule has 9 nitrogen and oxygen atoms in total. The van der Waals surface area contributed by atoms with E-state index in [1.807, 2.05) is 56.3 Å². The maximum absolute atomic E-state index is 12.4. The summed E-state index contributed by atoms with van der Waals surface area (Å²) >= 11 is 0. The van der Waals surface area contributed by atoms with Gasteiger partial charge in [-0.2, -0.15) is 4.98 Å².